The molecule has 0 radical (unpaired) electrons. The van der Waals surface area contributed by atoms with Gasteiger partial charge in [0.05, 0.1) is 18.2 Å². The van der Waals surface area contributed by atoms with E-state index in [0.717, 1.165) is 30.0 Å². The van der Waals surface area contributed by atoms with Gasteiger partial charge < -0.3 is 15.2 Å². The lowest BCUT2D eigenvalue weighted by Crippen LogP contribution is -2.31. The zero-order valence-corrected chi connectivity index (χ0v) is 14.6. The minimum absolute atomic E-state index is 0.0760. The van der Waals surface area contributed by atoms with Gasteiger partial charge in [-0.1, -0.05) is 11.6 Å². The van der Waals surface area contributed by atoms with Crippen molar-refractivity contribution < 1.29 is 9.84 Å². The van der Waals surface area contributed by atoms with E-state index in [1.165, 1.54) is 6.07 Å². The van der Waals surface area contributed by atoms with Crippen LogP contribution < -0.4 is 5.32 Å². The van der Waals surface area contributed by atoms with Gasteiger partial charge in [-0.05, 0) is 43.5 Å². The smallest absolute Gasteiger partial charge is 0.158 e. The van der Waals surface area contributed by atoms with Crippen molar-refractivity contribution in [3.8, 4) is 17.0 Å². The summed E-state index contributed by atoms with van der Waals surface area (Å²) in [5, 5.41) is 24.8. The number of ether oxygens (including phenoxy) is 1. The summed E-state index contributed by atoms with van der Waals surface area (Å²) < 4.78 is 5.92. The Balaban J connectivity index is 1.58. The van der Waals surface area contributed by atoms with Crippen LogP contribution in [0.4, 0.5) is 5.82 Å². The first-order valence-corrected chi connectivity index (χ1v) is 9.08. The highest BCUT2D eigenvalue weighted by Crippen LogP contribution is 2.38. The Morgan fingerprint density at radius 3 is 2.85 bits per heavy atom. The van der Waals surface area contributed by atoms with Crippen LogP contribution in [0.25, 0.3) is 22.0 Å². The Labute approximate surface area is 155 Å². The van der Waals surface area contributed by atoms with E-state index in [1.54, 1.807) is 24.5 Å². The van der Waals surface area contributed by atoms with Crippen molar-refractivity contribution in [1.82, 2.24) is 15.2 Å². The number of hydrogen-bond acceptors (Lipinski definition) is 6. The Morgan fingerprint density at radius 2 is 2.08 bits per heavy atom. The third kappa shape index (κ3) is 2.57. The average molecular weight is 369 g/mol. The lowest BCUT2D eigenvalue weighted by Gasteiger charge is -2.21. The molecule has 2 aromatic heterocycles. The second kappa shape index (κ2) is 6.07. The van der Waals surface area contributed by atoms with Crippen molar-refractivity contribution in [2.24, 2.45) is 0 Å². The fourth-order valence-electron chi connectivity index (χ4n) is 3.97. The summed E-state index contributed by atoms with van der Waals surface area (Å²) in [6.07, 6.45) is 7.32. The maximum atomic E-state index is 10.3. The fraction of sp³-hybridized carbons (Fsp3) is 0.316. The molecule has 0 aliphatic carbocycles. The van der Waals surface area contributed by atoms with E-state index in [4.69, 9.17) is 16.3 Å². The third-order valence-electron chi connectivity index (χ3n) is 5.22. The Morgan fingerprint density at radius 1 is 1.15 bits per heavy atom. The maximum absolute atomic E-state index is 10.3. The highest BCUT2D eigenvalue weighted by molar-refractivity contribution is 6.30. The Kier molecular flexibility index (Phi) is 3.69. The second-order valence-electron chi connectivity index (χ2n) is 6.84. The molecule has 2 saturated heterocycles. The topological polar surface area (TPSA) is 80.2 Å². The largest absolute Gasteiger partial charge is 0.507 e. The molecule has 2 N–H and O–H groups in total. The third-order valence-corrected chi connectivity index (χ3v) is 5.46. The molecule has 0 saturated carbocycles. The Hall–Kier alpha value is -2.44. The number of phenols is 1. The normalized spacial score (nSPS) is 24.3. The van der Waals surface area contributed by atoms with E-state index < -0.39 is 0 Å². The van der Waals surface area contributed by atoms with Crippen molar-refractivity contribution in [1.29, 1.82) is 0 Å². The van der Waals surface area contributed by atoms with Gasteiger partial charge in [0.15, 0.2) is 5.82 Å². The van der Waals surface area contributed by atoms with Crippen molar-refractivity contribution >= 4 is 28.2 Å². The molecule has 132 valence electrons. The van der Waals surface area contributed by atoms with E-state index in [0.29, 0.717) is 28.2 Å². The zero-order valence-electron chi connectivity index (χ0n) is 13.9. The number of phenolic OH excluding ortho intramolecular Hbond substituents is 1. The van der Waals surface area contributed by atoms with Crippen LogP contribution in [0.5, 0.6) is 5.75 Å². The van der Waals surface area contributed by atoms with Crippen molar-refractivity contribution in [3.63, 3.8) is 0 Å². The van der Waals surface area contributed by atoms with Gasteiger partial charge in [-0.3, -0.25) is 4.98 Å². The molecular formula is C19H17ClN4O2. The molecule has 3 atom stereocenters. The molecule has 2 aliphatic rings. The molecule has 2 fully saturated rings. The molecule has 0 spiro atoms. The minimum Gasteiger partial charge on any atom is -0.507 e. The van der Waals surface area contributed by atoms with Crippen LogP contribution in [0.2, 0.25) is 5.02 Å². The SMILES string of the molecule is Oc1cc(Cl)ccc1-c1nnc(NC2CC3CCC2O3)c2cnccc12. The van der Waals surface area contributed by atoms with Crippen molar-refractivity contribution in [2.45, 2.75) is 37.5 Å². The molecule has 6 nitrogen and oxygen atoms in total. The summed E-state index contributed by atoms with van der Waals surface area (Å²) in [7, 11) is 0. The van der Waals surface area contributed by atoms with Gasteiger partial charge in [-0.25, -0.2) is 0 Å². The van der Waals surface area contributed by atoms with Gasteiger partial charge >= 0.3 is 0 Å². The summed E-state index contributed by atoms with van der Waals surface area (Å²) in [6.45, 7) is 0. The number of rotatable bonds is 3. The van der Waals surface area contributed by atoms with Crippen LogP contribution >= 0.6 is 11.6 Å². The summed E-state index contributed by atoms with van der Waals surface area (Å²) >= 11 is 5.95. The summed E-state index contributed by atoms with van der Waals surface area (Å²) in [5.41, 5.74) is 1.19. The predicted octanol–water partition coefficient (Wildman–Crippen LogP) is 3.78. The predicted molar refractivity (Wildman–Crippen MR) is 99.4 cm³/mol. The molecule has 2 aliphatic heterocycles. The van der Waals surface area contributed by atoms with Crippen LogP contribution in [-0.4, -0.2) is 38.5 Å². The highest BCUT2D eigenvalue weighted by atomic mass is 35.5. The summed E-state index contributed by atoms with van der Waals surface area (Å²) in [4.78, 5) is 4.24. The number of halogens is 1. The van der Waals surface area contributed by atoms with E-state index in [2.05, 4.69) is 20.5 Å². The lowest BCUT2D eigenvalue weighted by molar-refractivity contribution is 0.102. The van der Waals surface area contributed by atoms with Crippen molar-refractivity contribution in [3.05, 3.63) is 41.7 Å². The van der Waals surface area contributed by atoms with Gasteiger partial charge in [0.25, 0.3) is 0 Å². The molecule has 0 amide bonds. The molecule has 2 bridgehead atoms. The van der Waals surface area contributed by atoms with Gasteiger partial charge in [0.2, 0.25) is 0 Å². The van der Waals surface area contributed by atoms with E-state index in [9.17, 15) is 5.11 Å². The second-order valence-corrected chi connectivity index (χ2v) is 7.28. The molecule has 7 heteroatoms. The number of pyridine rings is 1. The minimum atomic E-state index is 0.0760. The van der Waals surface area contributed by atoms with Crippen LogP contribution in [0.15, 0.2) is 36.7 Å². The monoisotopic (exact) mass is 368 g/mol. The first-order valence-electron chi connectivity index (χ1n) is 8.70. The standard InChI is InChI=1S/C19H17ClN4O2/c20-10-1-3-13(16(25)7-10)18-12-5-6-21-9-14(12)19(24-23-18)22-15-8-11-2-4-17(15)26-11/h1,3,5-7,9,11,15,17,25H,2,4,8H2,(H,22,24). The van der Waals surface area contributed by atoms with Gasteiger partial charge in [0.1, 0.15) is 11.4 Å². The van der Waals surface area contributed by atoms with E-state index in [-0.39, 0.29) is 17.9 Å². The van der Waals surface area contributed by atoms with Gasteiger partial charge in [-0.15, -0.1) is 10.2 Å². The molecular weight excluding hydrogens is 352 g/mol. The van der Waals surface area contributed by atoms with Gasteiger partial charge in [-0.2, -0.15) is 0 Å². The van der Waals surface area contributed by atoms with Crippen LogP contribution in [-0.2, 0) is 4.74 Å². The van der Waals surface area contributed by atoms with Crippen LogP contribution in [0.3, 0.4) is 0 Å². The van der Waals surface area contributed by atoms with Crippen molar-refractivity contribution in [2.75, 3.05) is 5.32 Å². The van der Waals surface area contributed by atoms with Crippen LogP contribution in [0, 0.1) is 0 Å². The number of hydrogen-bond donors (Lipinski definition) is 2. The number of aromatic nitrogens is 3. The lowest BCUT2D eigenvalue weighted by atomic mass is 9.95. The highest BCUT2D eigenvalue weighted by Gasteiger charge is 2.41. The summed E-state index contributed by atoms with van der Waals surface area (Å²) in [5.74, 6) is 0.776. The van der Waals surface area contributed by atoms with Crippen LogP contribution in [0.1, 0.15) is 19.3 Å². The zero-order chi connectivity index (χ0) is 17.7. The first-order chi connectivity index (χ1) is 12.7. The molecule has 3 aromatic rings. The molecule has 5 rings (SSSR count). The summed E-state index contributed by atoms with van der Waals surface area (Å²) in [6, 6.07) is 7.11. The molecule has 4 heterocycles. The quantitative estimate of drug-likeness (QED) is 0.732. The fourth-order valence-corrected chi connectivity index (χ4v) is 4.14. The Bertz CT molecular complexity index is 996. The van der Waals surface area contributed by atoms with E-state index in [1.807, 2.05) is 6.07 Å². The number of fused-ring (bicyclic) bond motifs is 3. The van der Waals surface area contributed by atoms with E-state index >= 15 is 0 Å². The molecule has 3 unspecified atom stereocenters. The number of nitrogens with zero attached hydrogens (tertiary/aromatic N) is 3. The number of benzene rings is 1. The average Bonchev–Trinajstić information content (AvgIpc) is 3.26. The molecule has 1 aromatic carbocycles. The number of aromatic hydroxyl groups is 1. The maximum Gasteiger partial charge on any atom is 0.158 e. The molecule has 26 heavy (non-hydrogen) atoms. The number of anilines is 1. The number of nitrogens with one attached hydrogen (secondary N) is 1. The van der Waals surface area contributed by atoms with Gasteiger partial charge in [0, 0.05) is 33.8 Å². The first kappa shape index (κ1) is 15.8.